The summed E-state index contributed by atoms with van der Waals surface area (Å²) in [7, 11) is 0. The quantitative estimate of drug-likeness (QED) is 0.753. The molecule has 5 heterocycles. The van der Waals surface area contributed by atoms with E-state index in [1.165, 1.54) is 9.75 Å². The number of piperidine rings is 1. The first kappa shape index (κ1) is 19.9. The highest BCUT2D eigenvalue weighted by molar-refractivity contribution is 7.11. The molecule has 0 aromatic carbocycles. The van der Waals surface area contributed by atoms with Crippen LogP contribution in [0.1, 0.15) is 35.9 Å². The van der Waals surface area contributed by atoms with Gasteiger partial charge in [-0.15, -0.1) is 11.3 Å². The van der Waals surface area contributed by atoms with E-state index in [1.807, 2.05) is 17.4 Å². The monoisotopic (exact) mass is 425 g/mol. The number of hydrogen-bond donors (Lipinski definition) is 0. The van der Waals surface area contributed by atoms with Crippen molar-refractivity contribution in [3.8, 4) is 0 Å². The maximum absolute atomic E-state index is 13.6. The molecule has 2 aromatic heterocycles. The Morgan fingerprint density at radius 1 is 1.07 bits per heavy atom. The average molecular weight is 426 g/mol. The van der Waals surface area contributed by atoms with Crippen LogP contribution in [0.4, 0.5) is 5.95 Å². The van der Waals surface area contributed by atoms with Crippen molar-refractivity contribution in [1.29, 1.82) is 0 Å². The largest absolute Gasteiger partial charge is 0.342 e. The van der Waals surface area contributed by atoms with E-state index < -0.39 is 0 Å². The van der Waals surface area contributed by atoms with Crippen LogP contribution >= 0.6 is 11.3 Å². The summed E-state index contributed by atoms with van der Waals surface area (Å²) in [4.78, 5) is 32.4. The predicted molar refractivity (Wildman–Crippen MR) is 120 cm³/mol. The molecule has 2 aromatic rings. The van der Waals surface area contributed by atoms with Crippen molar-refractivity contribution in [3.05, 3.63) is 40.3 Å². The van der Waals surface area contributed by atoms with Crippen molar-refractivity contribution in [3.63, 3.8) is 0 Å². The molecule has 0 aliphatic carbocycles. The molecule has 5 rings (SSSR count). The number of likely N-dealkylation sites (tertiary alicyclic amines) is 2. The summed E-state index contributed by atoms with van der Waals surface area (Å²) in [5, 5.41) is 0. The van der Waals surface area contributed by atoms with Gasteiger partial charge in [0.25, 0.3) is 0 Å². The summed E-state index contributed by atoms with van der Waals surface area (Å²) in [6.45, 7) is 10.8. The van der Waals surface area contributed by atoms with Gasteiger partial charge in [-0.2, -0.15) is 0 Å². The fourth-order valence-electron chi connectivity index (χ4n) is 6.01. The number of thiophene rings is 1. The van der Waals surface area contributed by atoms with E-state index in [4.69, 9.17) is 0 Å². The summed E-state index contributed by atoms with van der Waals surface area (Å²) in [6.07, 6.45) is 6.72. The Kier molecular flexibility index (Phi) is 5.06. The third kappa shape index (κ3) is 3.14. The van der Waals surface area contributed by atoms with Gasteiger partial charge in [0.15, 0.2) is 0 Å². The van der Waals surface area contributed by atoms with Gasteiger partial charge in [-0.1, -0.05) is 0 Å². The van der Waals surface area contributed by atoms with Crippen LogP contribution in [0.2, 0.25) is 0 Å². The third-order valence-electron chi connectivity index (χ3n) is 7.68. The van der Waals surface area contributed by atoms with Crippen LogP contribution in [-0.4, -0.2) is 64.9 Å². The van der Waals surface area contributed by atoms with Crippen molar-refractivity contribution in [2.75, 3.05) is 44.2 Å². The number of carbonyl (C=O) groups excluding carboxylic acids is 1. The number of aromatic nitrogens is 2. The van der Waals surface area contributed by atoms with Crippen LogP contribution in [0.25, 0.3) is 0 Å². The second kappa shape index (κ2) is 7.61. The van der Waals surface area contributed by atoms with Crippen LogP contribution in [0.15, 0.2) is 30.6 Å². The van der Waals surface area contributed by atoms with E-state index in [1.54, 1.807) is 12.4 Å². The topological polar surface area (TPSA) is 52.6 Å². The molecule has 3 fully saturated rings. The molecule has 0 radical (unpaired) electrons. The van der Waals surface area contributed by atoms with Gasteiger partial charge in [-0.3, -0.25) is 9.69 Å². The van der Waals surface area contributed by atoms with Crippen molar-refractivity contribution in [1.82, 2.24) is 19.8 Å². The summed E-state index contributed by atoms with van der Waals surface area (Å²) >= 11 is 1.90. The molecule has 7 heteroatoms. The van der Waals surface area contributed by atoms with E-state index in [2.05, 4.69) is 50.6 Å². The molecule has 0 N–H and O–H groups in total. The first-order chi connectivity index (χ1) is 14.6. The van der Waals surface area contributed by atoms with Gasteiger partial charge < -0.3 is 9.80 Å². The minimum Gasteiger partial charge on any atom is -0.342 e. The number of rotatable bonds is 4. The molecule has 160 valence electrons. The van der Waals surface area contributed by atoms with Gasteiger partial charge in [-0.25, -0.2) is 9.97 Å². The highest BCUT2D eigenvalue weighted by Gasteiger charge is 2.65. The van der Waals surface area contributed by atoms with Gasteiger partial charge in [0.2, 0.25) is 11.9 Å². The standard InChI is InChI=1S/C23H31N5OS/c1-3-27-14-9-23(20(27)29)17-28(21-24-10-4-11-25-21)16-22(23)7-12-26(13-8-22)15-19-6-5-18(2)30-19/h4-6,10-11H,3,7-9,12-17H2,1-2H3/t23-/m1/s1. The lowest BCUT2D eigenvalue weighted by Crippen LogP contribution is -2.52. The third-order valence-corrected chi connectivity index (χ3v) is 8.67. The number of nitrogens with zero attached hydrogens (tertiary/aromatic N) is 5. The molecule has 3 aliphatic heterocycles. The maximum atomic E-state index is 13.6. The Bertz CT molecular complexity index is 907. The first-order valence-corrected chi connectivity index (χ1v) is 12.0. The highest BCUT2D eigenvalue weighted by atomic mass is 32.1. The average Bonchev–Trinajstić information content (AvgIpc) is 3.42. The van der Waals surface area contributed by atoms with Crippen molar-refractivity contribution in [2.24, 2.45) is 10.8 Å². The highest BCUT2D eigenvalue weighted by Crippen LogP contribution is 2.58. The molecule has 2 spiro atoms. The number of anilines is 1. The van der Waals surface area contributed by atoms with Crippen molar-refractivity contribution < 1.29 is 4.79 Å². The summed E-state index contributed by atoms with van der Waals surface area (Å²) in [5.74, 6) is 1.14. The zero-order valence-corrected chi connectivity index (χ0v) is 18.8. The molecule has 1 atom stereocenters. The fraction of sp³-hybridized carbons (Fsp3) is 0.609. The van der Waals surface area contributed by atoms with E-state index in [0.29, 0.717) is 5.91 Å². The number of aryl methyl sites for hydroxylation is 1. The first-order valence-electron chi connectivity index (χ1n) is 11.1. The molecule has 30 heavy (non-hydrogen) atoms. The molecule has 0 bridgehead atoms. The van der Waals surface area contributed by atoms with E-state index in [0.717, 1.165) is 71.0 Å². The number of fused-ring (bicyclic) bond motifs is 1. The van der Waals surface area contributed by atoms with Gasteiger partial charge in [0, 0.05) is 60.3 Å². The van der Waals surface area contributed by atoms with Crippen LogP contribution in [0, 0.1) is 17.8 Å². The minimum atomic E-state index is -0.284. The molecule has 3 saturated heterocycles. The van der Waals surface area contributed by atoms with Crippen LogP contribution in [0.3, 0.4) is 0 Å². The maximum Gasteiger partial charge on any atom is 0.231 e. The number of carbonyl (C=O) groups is 1. The second-order valence-corrected chi connectivity index (χ2v) is 10.6. The van der Waals surface area contributed by atoms with Gasteiger partial charge >= 0.3 is 0 Å². The Balaban J connectivity index is 1.39. The molecular formula is C23H31N5OS. The van der Waals surface area contributed by atoms with Gasteiger partial charge in [0.1, 0.15) is 0 Å². The van der Waals surface area contributed by atoms with E-state index in [9.17, 15) is 4.79 Å². The zero-order valence-electron chi connectivity index (χ0n) is 18.0. The lowest BCUT2D eigenvalue weighted by atomic mass is 9.60. The predicted octanol–water partition coefficient (Wildman–Crippen LogP) is 3.19. The van der Waals surface area contributed by atoms with Gasteiger partial charge in [-0.05, 0) is 64.4 Å². The molecule has 1 amide bonds. The minimum absolute atomic E-state index is 0.0229. The lowest BCUT2D eigenvalue weighted by Gasteiger charge is -2.46. The zero-order chi connectivity index (χ0) is 20.8. The number of hydrogen-bond acceptors (Lipinski definition) is 6. The van der Waals surface area contributed by atoms with Crippen LogP contribution in [-0.2, 0) is 11.3 Å². The number of amides is 1. The molecular weight excluding hydrogens is 394 g/mol. The summed E-state index contributed by atoms with van der Waals surface area (Å²) < 4.78 is 0. The molecule has 3 aliphatic rings. The Morgan fingerprint density at radius 3 is 2.47 bits per heavy atom. The fourth-order valence-corrected chi connectivity index (χ4v) is 6.94. The van der Waals surface area contributed by atoms with Crippen molar-refractivity contribution in [2.45, 2.75) is 39.7 Å². The normalized spacial score (nSPS) is 26.4. The van der Waals surface area contributed by atoms with E-state index in [-0.39, 0.29) is 10.8 Å². The Morgan fingerprint density at radius 2 is 1.83 bits per heavy atom. The molecule has 0 saturated carbocycles. The SMILES string of the molecule is CCN1CC[C@@]2(CN(c3ncccn3)CC23CCN(Cc2ccc(C)s2)CC3)C1=O. The van der Waals surface area contributed by atoms with Gasteiger partial charge in [0.05, 0.1) is 5.41 Å². The summed E-state index contributed by atoms with van der Waals surface area (Å²) in [6, 6.07) is 6.33. The molecule has 0 unspecified atom stereocenters. The Hall–Kier alpha value is -1.99. The smallest absolute Gasteiger partial charge is 0.231 e. The molecule has 6 nitrogen and oxygen atoms in total. The lowest BCUT2D eigenvalue weighted by molar-refractivity contribution is -0.142. The van der Waals surface area contributed by atoms with E-state index >= 15 is 0 Å². The van der Waals surface area contributed by atoms with Crippen LogP contribution < -0.4 is 4.90 Å². The summed E-state index contributed by atoms with van der Waals surface area (Å²) in [5.41, 5.74) is -0.261. The van der Waals surface area contributed by atoms with Crippen LogP contribution in [0.5, 0.6) is 0 Å². The van der Waals surface area contributed by atoms with Crippen molar-refractivity contribution >= 4 is 23.2 Å². The second-order valence-electron chi connectivity index (χ2n) is 9.19. The Labute approximate surface area is 182 Å².